The van der Waals surface area contributed by atoms with Crippen molar-refractivity contribution in [2.45, 2.75) is 45.6 Å². The normalized spacial score (nSPS) is 41.5. The van der Waals surface area contributed by atoms with Gasteiger partial charge in [-0.05, 0) is 37.0 Å². The van der Waals surface area contributed by atoms with Gasteiger partial charge < -0.3 is 0 Å². The molecule has 2 aliphatic carbocycles. The number of hydrogen-bond donors (Lipinski definition) is 0. The maximum Gasteiger partial charge on any atom is 0.264 e. The molecule has 2 rings (SSSR count). The molecule has 0 spiro atoms. The van der Waals surface area contributed by atoms with E-state index in [1.54, 1.807) is 0 Å². The minimum absolute atomic E-state index is 0.00532. The number of fused-ring (bicyclic) bond motifs is 1. The first-order valence-electron chi connectivity index (χ1n) is 6.70. The van der Waals surface area contributed by atoms with Crippen LogP contribution in [0.4, 0.5) is 0 Å². The highest BCUT2D eigenvalue weighted by molar-refractivity contribution is 7.86. The van der Waals surface area contributed by atoms with Gasteiger partial charge in [0.1, 0.15) is 5.78 Å². The Morgan fingerprint density at radius 3 is 2.56 bits per heavy atom. The van der Waals surface area contributed by atoms with E-state index in [-0.39, 0.29) is 17.9 Å². The molecule has 0 radical (unpaired) electrons. The predicted molar refractivity (Wildman–Crippen MR) is 68.5 cm³/mol. The van der Waals surface area contributed by atoms with Crippen LogP contribution in [-0.2, 0) is 19.1 Å². The molecule has 104 valence electrons. The van der Waals surface area contributed by atoms with Crippen LogP contribution in [-0.4, -0.2) is 26.6 Å². The molecule has 0 saturated heterocycles. The van der Waals surface area contributed by atoms with Gasteiger partial charge in [0, 0.05) is 12.3 Å². The Hall–Kier alpha value is -0.420. The molecule has 0 amide bonds. The number of Topliss-reactive ketones (excluding diaryl/α,β-unsaturated/α-hetero) is 1. The van der Waals surface area contributed by atoms with Gasteiger partial charge in [-0.1, -0.05) is 13.8 Å². The van der Waals surface area contributed by atoms with Gasteiger partial charge in [-0.15, -0.1) is 0 Å². The molecule has 0 aromatic heterocycles. The minimum atomic E-state index is -3.44. The third-order valence-electron chi connectivity index (χ3n) is 4.60. The predicted octanol–water partition coefficient (Wildman–Crippen LogP) is 1.99. The van der Waals surface area contributed by atoms with Gasteiger partial charge in [0.15, 0.2) is 0 Å². The van der Waals surface area contributed by atoms with E-state index in [4.69, 9.17) is 4.18 Å². The second kappa shape index (κ2) is 4.93. The maximum atomic E-state index is 12.2. The third-order valence-corrected chi connectivity index (χ3v) is 5.20. The van der Waals surface area contributed by atoms with Crippen molar-refractivity contribution in [2.24, 2.45) is 23.7 Å². The van der Waals surface area contributed by atoms with Crippen LogP contribution >= 0.6 is 0 Å². The van der Waals surface area contributed by atoms with E-state index < -0.39 is 10.1 Å². The lowest BCUT2D eigenvalue weighted by Crippen LogP contribution is -2.27. The minimum Gasteiger partial charge on any atom is -0.299 e. The smallest absolute Gasteiger partial charge is 0.264 e. The molecule has 2 fully saturated rings. The Bertz CT molecular complexity index is 428. The van der Waals surface area contributed by atoms with Gasteiger partial charge in [0.2, 0.25) is 0 Å². The molecular formula is C13H22O4S. The Balaban J connectivity index is 2.20. The van der Waals surface area contributed by atoms with Crippen molar-refractivity contribution in [3.63, 3.8) is 0 Å². The van der Waals surface area contributed by atoms with Crippen molar-refractivity contribution in [3.8, 4) is 0 Å². The second-order valence-corrected chi connectivity index (χ2v) is 7.56. The molecule has 0 heterocycles. The SMILES string of the molecule is C[C@@H]1[C@H]2C(=O)CCC[C@H](C)[C@@H]2C[C@@H]1OS(C)(=O)=O. The largest absolute Gasteiger partial charge is 0.299 e. The summed E-state index contributed by atoms with van der Waals surface area (Å²) in [4.78, 5) is 12.2. The van der Waals surface area contributed by atoms with E-state index in [2.05, 4.69) is 6.92 Å². The number of rotatable bonds is 2. The van der Waals surface area contributed by atoms with E-state index >= 15 is 0 Å². The van der Waals surface area contributed by atoms with Crippen LogP contribution in [0.15, 0.2) is 0 Å². The lowest BCUT2D eigenvalue weighted by molar-refractivity contribution is -0.125. The van der Waals surface area contributed by atoms with Crippen LogP contribution in [0.3, 0.4) is 0 Å². The Labute approximate surface area is 109 Å². The fraction of sp³-hybridized carbons (Fsp3) is 0.923. The van der Waals surface area contributed by atoms with Crippen LogP contribution in [0, 0.1) is 23.7 Å². The average Bonchev–Trinajstić information content (AvgIpc) is 2.46. The number of carbonyl (C=O) groups is 1. The third kappa shape index (κ3) is 2.77. The van der Waals surface area contributed by atoms with Gasteiger partial charge >= 0.3 is 0 Å². The van der Waals surface area contributed by atoms with Gasteiger partial charge in [0.05, 0.1) is 12.4 Å². The number of hydrogen-bond acceptors (Lipinski definition) is 4. The molecule has 5 heteroatoms. The van der Waals surface area contributed by atoms with E-state index in [0.717, 1.165) is 19.1 Å². The van der Waals surface area contributed by atoms with Crippen LogP contribution in [0.5, 0.6) is 0 Å². The summed E-state index contributed by atoms with van der Waals surface area (Å²) in [5.74, 6) is 1.09. The first-order valence-corrected chi connectivity index (χ1v) is 8.52. The van der Waals surface area contributed by atoms with E-state index in [9.17, 15) is 13.2 Å². The van der Waals surface area contributed by atoms with Gasteiger partial charge in [0.25, 0.3) is 10.1 Å². The van der Waals surface area contributed by atoms with Crippen molar-refractivity contribution < 1.29 is 17.4 Å². The van der Waals surface area contributed by atoms with Crippen molar-refractivity contribution in [1.29, 1.82) is 0 Å². The van der Waals surface area contributed by atoms with Gasteiger partial charge in [-0.3, -0.25) is 8.98 Å². The zero-order valence-electron chi connectivity index (χ0n) is 11.3. The first-order chi connectivity index (χ1) is 8.29. The highest BCUT2D eigenvalue weighted by atomic mass is 32.2. The fourth-order valence-electron chi connectivity index (χ4n) is 3.70. The average molecular weight is 274 g/mol. The molecule has 0 aromatic carbocycles. The Morgan fingerprint density at radius 1 is 1.28 bits per heavy atom. The summed E-state index contributed by atoms with van der Waals surface area (Å²) in [5, 5.41) is 0. The Morgan fingerprint density at radius 2 is 1.94 bits per heavy atom. The molecule has 0 aliphatic heterocycles. The van der Waals surface area contributed by atoms with Crippen molar-refractivity contribution in [3.05, 3.63) is 0 Å². The summed E-state index contributed by atoms with van der Waals surface area (Å²) in [5.41, 5.74) is 0. The van der Waals surface area contributed by atoms with Crippen LogP contribution in [0.1, 0.15) is 39.5 Å². The van der Waals surface area contributed by atoms with Gasteiger partial charge in [-0.25, -0.2) is 0 Å². The molecule has 0 bridgehead atoms. The summed E-state index contributed by atoms with van der Waals surface area (Å²) >= 11 is 0. The molecule has 0 unspecified atom stereocenters. The van der Waals surface area contributed by atoms with E-state index in [0.29, 0.717) is 30.5 Å². The molecule has 0 aromatic rings. The van der Waals surface area contributed by atoms with Crippen LogP contribution in [0.25, 0.3) is 0 Å². The maximum absolute atomic E-state index is 12.2. The van der Waals surface area contributed by atoms with Crippen LogP contribution in [0.2, 0.25) is 0 Å². The monoisotopic (exact) mass is 274 g/mol. The summed E-state index contributed by atoms with van der Waals surface area (Å²) in [6.45, 7) is 4.13. The molecule has 2 saturated carbocycles. The first kappa shape index (κ1) is 14.0. The summed E-state index contributed by atoms with van der Waals surface area (Å²) < 4.78 is 27.7. The molecule has 18 heavy (non-hydrogen) atoms. The Kier molecular flexibility index (Phi) is 3.83. The summed E-state index contributed by atoms with van der Waals surface area (Å²) in [6, 6.07) is 0. The van der Waals surface area contributed by atoms with Crippen LogP contribution < -0.4 is 0 Å². The highest BCUT2D eigenvalue weighted by Crippen LogP contribution is 2.47. The van der Waals surface area contributed by atoms with E-state index in [1.165, 1.54) is 0 Å². The molecule has 2 aliphatic rings. The number of carbonyl (C=O) groups excluding carboxylic acids is 1. The fourth-order valence-corrected chi connectivity index (χ4v) is 4.40. The molecule has 4 nitrogen and oxygen atoms in total. The lowest BCUT2D eigenvalue weighted by atomic mass is 9.81. The van der Waals surface area contributed by atoms with E-state index in [1.807, 2.05) is 6.92 Å². The summed E-state index contributed by atoms with van der Waals surface area (Å²) in [7, 11) is -3.44. The van der Waals surface area contributed by atoms with Gasteiger partial charge in [-0.2, -0.15) is 8.42 Å². The zero-order valence-corrected chi connectivity index (χ0v) is 12.1. The van der Waals surface area contributed by atoms with Crippen molar-refractivity contribution in [1.82, 2.24) is 0 Å². The van der Waals surface area contributed by atoms with Crippen molar-refractivity contribution >= 4 is 15.9 Å². The number of ketones is 1. The highest BCUT2D eigenvalue weighted by Gasteiger charge is 2.48. The van der Waals surface area contributed by atoms with Crippen molar-refractivity contribution in [2.75, 3.05) is 6.26 Å². The molecule has 0 N–H and O–H groups in total. The lowest BCUT2D eigenvalue weighted by Gasteiger charge is -2.23. The molecular weight excluding hydrogens is 252 g/mol. The quantitative estimate of drug-likeness (QED) is 0.723. The topological polar surface area (TPSA) is 60.4 Å². The standard InChI is InChI=1S/C13H22O4S/c1-8-5-4-6-11(14)13-9(2)12(7-10(8)13)17-18(3,15)16/h8-10,12-13H,4-7H2,1-3H3/t8-,9-,10-,12-,13+/m0/s1. The zero-order chi connectivity index (χ0) is 13.5. The second-order valence-electron chi connectivity index (χ2n) is 5.96. The summed E-state index contributed by atoms with van der Waals surface area (Å²) in [6.07, 6.45) is 4.13. The molecule has 5 atom stereocenters.